The lowest BCUT2D eigenvalue weighted by Crippen LogP contribution is -2.39. The van der Waals surface area contributed by atoms with Gasteiger partial charge in [0, 0.05) is 24.8 Å². The smallest absolute Gasteiger partial charge is 0.304 e. The van der Waals surface area contributed by atoms with Crippen molar-refractivity contribution in [3.8, 4) is 5.75 Å². The Hall–Kier alpha value is -1.68. The van der Waals surface area contributed by atoms with Crippen LogP contribution in [-0.4, -0.2) is 50.3 Å². The van der Waals surface area contributed by atoms with E-state index in [-0.39, 0.29) is 13.3 Å². The molecule has 0 aliphatic rings. The Morgan fingerprint density at radius 2 is 1.58 bits per heavy atom. The molecule has 1 aromatic carbocycles. The van der Waals surface area contributed by atoms with Crippen LogP contribution in [0.25, 0.3) is 0 Å². The second-order valence-electron chi connectivity index (χ2n) is 9.62. The third-order valence-corrected chi connectivity index (χ3v) is 6.77. The van der Waals surface area contributed by atoms with Crippen LogP contribution in [0.2, 0.25) is 0 Å². The third kappa shape index (κ3) is 7.17. The molecule has 0 saturated heterocycles. The van der Waals surface area contributed by atoms with E-state index in [4.69, 9.17) is 9.47 Å². The first-order valence-corrected chi connectivity index (χ1v) is 11.8. The molecule has 0 saturated carbocycles. The number of hydrogen-bond donors (Lipinski definition) is 3. The second kappa shape index (κ2) is 10.3. The summed E-state index contributed by atoms with van der Waals surface area (Å²) in [5.41, 5.74) is 1.05. The minimum Gasteiger partial charge on any atom is -0.481 e. The Bertz CT molecular complexity index is 832. The summed E-state index contributed by atoms with van der Waals surface area (Å²) < 4.78 is 38.7. The monoisotopic (exact) mass is 459 g/mol. The van der Waals surface area contributed by atoms with E-state index in [1.54, 1.807) is 19.1 Å². The molecule has 178 valence electrons. The predicted molar refractivity (Wildman–Crippen MR) is 120 cm³/mol. The van der Waals surface area contributed by atoms with E-state index in [9.17, 15) is 23.4 Å². The zero-order chi connectivity index (χ0) is 24.2. The molecule has 2 atom stereocenters. The summed E-state index contributed by atoms with van der Waals surface area (Å²) in [7, 11) is -2.55. The van der Waals surface area contributed by atoms with Gasteiger partial charge in [0.2, 0.25) is 10.0 Å². The molecular weight excluding hydrogens is 422 g/mol. The molecule has 0 fully saturated rings. The number of ether oxygens (including phenoxy) is 2. The molecule has 1 aromatic rings. The molecule has 0 aliphatic heterocycles. The lowest BCUT2D eigenvalue weighted by molar-refractivity contribution is -0.137. The van der Waals surface area contributed by atoms with Crippen LogP contribution >= 0.6 is 0 Å². The maximum Gasteiger partial charge on any atom is 0.304 e. The maximum atomic E-state index is 12.7. The first-order valence-electron chi connectivity index (χ1n) is 10.2. The van der Waals surface area contributed by atoms with E-state index >= 15 is 0 Å². The highest BCUT2D eigenvalue weighted by molar-refractivity contribution is 7.90. The van der Waals surface area contributed by atoms with Crippen molar-refractivity contribution in [2.24, 2.45) is 0 Å². The Balaban J connectivity index is 3.78. The van der Waals surface area contributed by atoms with Gasteiger partial charge in [0.05, 0.1) is 12.5 Å². The van der Waals surface area contributed by atoms with Gasteiger partial charge in [0.1, 0.15) is 11.0 Å². The number of aliphatic hydroxyl groups excluding tert-OH is 1. The van der Waals surface area contributed by atoms with E-state index < -0.39 is 44.6 Å². The maximum absolute atomic E-state index is 12.7. The minimum atomic E-state index is -4.07. The predicted octanol–water partition coefficient (Wildman–Crippen LogP) is 3.08. The number of methoxy groups -OCH3 is 1. The molecule has 9 heteroatoms. The van der Waals surface area contributed by atoms with Gasteiger partial charge >= 0.3 is 5.97 Å². The Morgan fingerprint density at radius 3 is 1.94 bits per heavy atom. The minimum absolute atomic E-state index is 0.0322. The van der Waals surface area contributed by atoms with Crippen LogP contribution < -0.4 is 9.46 Å². The van der Waals surface area contributed by atoms with Gasteiger partial charge in [-0.3, -0.25) is 4.79 Å². The molecule has 0 aromatic heterocycles. The first-order chi connectivity index (χ1) is 14.1. The zero-order valence-electron chi connectivity index (χ0n) is 19.8. The van der Waals surface area contributed by atoms with Crippen molar-refractivity contribution >= 4 is 16.0 Å². The van der Waals surface area contributed by atoms with Gasteiger partial charge in [-0.25, -0.2) is 13.1 Å². The molecule has 31 heavy (non-hydrogen) atoms. The van der Waals surface area contributed by atoms with Crippen LogP contribution in [0, 0.1) is 0 Å². The number of nitrogens with one attached hydrogen (secondary N) is 1. The van der Waals surface area contributed by atoms with Crippen LogP contribution in [0.15, 0.2) is 12.1 Å². The highest BCUT2D eigenvalue weighted by Gasteiger charge is 2.37. The van der Waals surface area contributed by atoms with Crippen molar-refractivity contribution in [2.75, 3.05) is 20.4 Å². The number of benzene rings is 1. The molecule has 1 rings (SSSR count). The molecule has 0 aliphatic carbocycles. The SMILES string of the molecule is CCNS(=O)(=O)C(CC(=O)O)C(O)c1cc(C(C)(C)C)c(OCOC)c(C(C)(C)C)c1. The van der Waals surface area contributed by atoms with E-state index in [0.717, 1.165) is 11.1 Å². The Kier molecular flexibility index (Phi) is 9.08. The number of carbonyl (C=O) groups is 1. The van der Waals surface area contributed by atoms with Gasteiger partial charge in [-0.1, -0.05) is 48.5 Å². The lowest BCUT2D eigenvalue weighted by Gasteiger charge is -2.32. The summed E-state index contributed by atoms with van der Waals surface area (Å²) in [5.74, 6) is -0.695. The van der Waals surface area contributed by atoms with Gasteiger partial charge in [-0.15, -0.1) is 0 Å². The molecule has 0 bridgehead atoms. The van der Waals surface area contributed by atoms with Crippen LogP contribution in [0.5, 0.6) is 5.75 Å². The summed E-state index contributed by atoms with van der Waals surface area (Å²) in [4.78, 5) is 11.4. The van der Waals surface area contributed by atoms with Crippen molar-refractivity contribution in [3.05, 3.63) is 28.8 Å². The standard InChI is InChI=1S/C22H37NO7S/c1-9-23-31(27,28)17(12-18(24)25)19(26)14-10-15(21(2,3)4)20(30-13-29-8)16(11-14)22(5,6)7/h10-11,17,19,23,26H,9,12-13H2,1-8H3,(H,24,25). The summed E-state index contributed by atoms with van der Waals surface area (Å²) in [6.07, 6.45) is -2.27. The van der Waals surface area contributed by atoms with Crippen LogP contribution in [-0.2, 0) is 30.4 Å². The highest BCUT2D eigenvalue weighted by atomic mass is 32.2. The second-order valence-corrected chi connectivity index (χ2v) is 11.6. The zero-order valence-corrected chi connectivity index (χ0v) is 20.6. The van der Waals surface area contributed by atoms with Crippen molar-refractivity contribution in [1.82, 2.24) is 4.72 Å². The Morgan fingerprint density at radius 1 is 1.10 bits per heavy atom. The quantitative estimate of drug-likeness (QED) is 0.460. The Labute approximate surface area is 186 Å². The van der Waals surface area contributed by atoms with E-state index in [2.05, 4.69) is 4.72 Å². The topological polar surface area (TPSA) is 122 Å². The third-order valence-electron chi connectivity index (χ3n) is 4.86. The first kappa shape index (κ1) is 27.4. The molecular formula is C22H37NO7S. The van der Waals surface area contributed by atoms with Gasteiger partial charge in [0.25, 0.3) is 0 Å². The molecule has 0 amide bonds. The van der Waals surface area contributed by atoms with E-state index in [1.165, 1.54) is 7.11 Å². The molecule has 0 radical (unpaired) electrons. The normalized spacial score (nSPS) is 14.9. The fourth-order valence-electron chi connectivity index (χ4n) is 3.30. The van der Waals surface area contributed by atoms with Gasteiger partial charge < -0.3 is 19.7 Å². The number of carboxylic acids is 1. The van der Waals surface area contributed by atoms with Gasteiger partial charge in [-0.05, 0) is 28.5 Å². The average molecular weight is 460 g/mol. The molecule has 8 nitrogen and oxygen atoms in total. The van der Waals surface area contributed by atoms with E-state index in [0.29, 0.717) is 11.3 Å². The van der Waals surface area contributed by atoms with Crippen molar-refractivity contribution < 1.29 is 32.9 Å². The number of aliphatic hydroxyl groups is 1. The molecule has 0 spiro atoms. The van der Waals surface area contributed by atoms with E-state index in [1.807, 2.05) is 41.5 Å². The summed E-state index contributed by atoms with van der Waals surface area (Å²) in [5, 5.41) is 18.8. The van der Waals surface area contributed by atoms with Gasteiger partial charge in [-0.2, -0.15) is 0 Å². The van der Waals surface area contributed by atoms with Crippen LogP contribution in [0.1, 0.15) is 77.7 Å². The van der Waals surface area contributed by atoms with Crippen molar-refractivity contribution in [2.45, 2.75) is 77.1 Å². The molecule has 2 unspecified atom stereocenters. The van der Waals surface area contributed by atoms with Crippen molar-refractivity contribution in [1.29, 1.82) is 0 Å². The largest absolute Gasteiger partial charge is 0.481 e. The molecule has 3 N–H and O–H groups in total. The summed E-state index contributed by atoms with van der Waals surface area (Å²) in [6.45, 7) is 13.6. The van der Waals surface area contributed by atoms with Crippen LogP contribution in [0.4, 0.5) is 0 Å². The van der Waals surface area contributed by atoms with Crippen molar-refractivity contribution in [3.63, 3.8) is 0 Å². The fraction of sp³-hybridized carbons (Fsp3) is 0.682. The lowest BCUT2D eigenvalue weighted by atomic mass is 9.77. The fourth-order valence-corrected chi connectivity index (χ4v) is 4.77. The summed E-state index contributed by atoms with van der Waals surface area (Å²) in [6, 6.07) is 3.39. The number of rotatable bonds is 10. The van der Waals surface area contributed by atoms with Crippen LogP contribution in [0.3, 0.4) is 0 Å². The number of sulfonamides is 1. The number of hydrogen-bond acceptors (Lipinski definition) is 6. The van der Waals surface area contributed by atoms with Gasteiger partial charge in [0.15, 0.2) is 6.79 Å². The summed E-state index contributed by atoms with van der Waals surface area (Å²) >= 11 is 0. The molecule has 0 heterocycles. The average Bonchev–Trinajstić information content (AvgIpc) is 2.61. The number of aliphatic carboxylic acids is 1. The number of carboxylic acid groups (broad SMARTS) is 1. The highest BCUT2D eigenvalue weighted by Crippen LogP contribution is 2.42.